The van der Waals surface area contributed by atoms with Gasteiger partial charge in [0.2, 0.25) is 0 Å². The van der Waals surface area contributed by atoms with Crippen LogP contribution < -0.4 is 0 Å². The highest BCUT2D eigenvalue weighted by molar-refractivity contribution is 5.88. The largest absolute Gasteiger partial charge is 0.0776 e. The minimum absolute atomic E-state index is 0. The Morgan fingerprint density at radius 3 is 1.23 bits per heavy atom. The van der Waals surface area contributed by atoms with Crippen molar-refractivity contribution in [3.8, 4) is 11.1 Å². The first-order valence-electron chi connectivity index (χ1n) is 10.7. The van der Waals surface area contributed by atoms with Gasteiger partial charge in [-0.15, -0.1) is 0 Å². The fourth-order valence-electron chi connectivity index (χ4n) is 3.00. The first kappa shape index (κ1) is 27.1. The molecule has 0 heteroatoms. The van der Waals surface area contributed by atoms with Gasteiger partial charge in [0.15, 0.2) is 0 Å². The lowest BCUT2D eigenvalue weighted by Crippen LogP contribution is -1.80. The molecule has 0 atom stereocenters. The summed E-state index contributed by atoms with van der Waals surface area (Å²) < 4.78 is 0. The van der Waals surface area contributed by atoms with Crippen LogP contribution in [-0.2, 0) is 0 Å². The van der Waals surface area contributed by atoms with Gasteiger partial charge in [-0.2, -0.15) is 0 Å². The van der Waals surface area contributed by atoms with Crippen LogP contribution in [-0.4, -0.2) is 0 Å². The van der Waals surface area contributed by atoms with Crippen LogP contribution in [0.5, 0.6) is 0 Å². The predicted octanol–water partition coefficient (Wildman–Crippen LogP) is 9.81. The number of rotatable bonds is 1. The second-order valence-corrected chi connectivity index (χ2v) is 6.48. The Bertz CT molecular complexity index is 907. The van der Waals surface area contributed by atoms with Crippen molar-refractivity contribution in [1.29, 1.82) is 0 Å². The summed E-state index contributed by atoms with van der Waals surface area (Å²) in [4.78, 5) is 0. The highest BCUT2D eigenvalue weighted by atomic mass is 14.0. The molecule has 0 saturated carbocycles. The average molecular weight is 401 g/mol. The van der Waals surface area contributed by atoms with Crippen molar-refractivity contribution >= 4 is 10.8 Å². The van der Waals surface area contributed by atoms with Gasteiger partial charge >= 0.3 is 0 Å². The SMILES string of the molecule is C.CC.CC.Cc1ccc(-c2ccccc2)cc1.Cc1cccc2c(C)cccc12. The van der Waals surface area contributed by atoms with E-state index in [9.17, 15) is 0 Å². The minimum atomic E-state index is 0. The van der Waals surface area contributed by atoms with E-state index in [2.05, 4.69) is 106 Å². The van der Waals surface area contributed by atoms with Crippen LogP contribution in [0, 0.1) is 20.8 Å². The second-order valence-electron chi connectivity index (χ2n) is 6.48. The topological polar surface area (TPSA) is 0 Å². The van der Waals surface area contributed by atoms with Gasteiger partial charge in [0.1, 0.15) is 0 Å². The number of fused-ring (bicyclic) bond motifs is 1. The molecule has 0 unspecified atom stereocenters. The molecule has 0 amide bonds. The van der Waals surface area contributed by atoms with Gasteiger partial charge in [-0.3, -0.25) is 0 Å². The first-order chi connectivity index (χ1) is 14.1. The van der Waals surface area contributed by atoms with Crippen molar-refractivity contribution in [1.82, 2.24) is 0 Å². The maximum Gasteiger partial charge on any atom is -0.0152 e. The fraction of sp³-hybridized carbons (Fsp3) is 0.267. The molecule has 0 aliphatic rings. The molecule has 4 rings (SSSR count). The standard InChI is InChI=1S/C13H12.C12H12.2C2H6.CH4/c1-11-7-9-13(10-8-11)12-5-3-2-4-6-12;1-9-5-3-8-12-10(2)6-4-7-11(9)12;2*1-2;/h2-10H,1H3;3-8H,1-2H3;2*1-2H3;1H4. The molecule has 4 aromatic carbocycles. The predicted molar refractivity (Wildman–Crippen MR) is 139 cm³/mol. The molecule has 0 nitrogen and oxygen atoms in total. The van der Waals surface area contributed by atoms with Gasteiger partial charge in [-0.05, 0) is 53.8 Å². The summed E-state index contributed by atoms with van der Waals surface area (Å²) in [5, 5.41) is 2.75. The summed E-state index contributed by atoms with van der Waals surface area (Å²) in [7, 11) is 0. The molecular weight excluding hydrogens is 360 g/mol. The van der Waals surface area contributed by atoms with Crippen molar-refractivity contribution < 1.29 is 0 Å². The number of benzene rings is 4. The molecule has 0 heterocycles. The monoisotopic (exact) mass is 400 g/mol. The van der Waals surface area contributed by atoms with E-state index >= 15 is 0 Å². The van der Waals surface area contributed by atoms with Crippen LogP contribution in [0.15, 0.2) is 91.0 Å². The van der Waals surface area contributed by atoms with Gasteiger partial charge in [0.05, 0.1) is 0 Å². The third-order valence-electron chi connectivity index (χ3n) is 4.52. The van der Waals surface area contributed by atoms with Gasteiger partial charge in [0, 0.05) is 0 Å². The van der Waals surface area contributed by atoms with Crippen molar-refractivity contribution in [2.75, 3.05) is 0 Å². The van der Waals surface area contributed by atoms with E-state index < -0.39 is 0 Å². The highest BCUT2D eigenvalue weighted by Crippen LogP contribution is 2.21. The third kappa shape index (κ3) is 7.87. The summed E-state index contributed by atoms with van der Waals surface area (Å²) >= 11 is 0. The zero-order valence-corrected chi connectivity index (χ0v) is 19.2. The molecule has 0 aliphatic heterocycles. The molecule has 0 aliphatic carbocycles. The zero-order valence-electron chi connectivity index (χ0n) is 19.2. The van der Waals surface area contributed by atoms with E-state index in [1.165, 1.54) is 38.6 Å². The van der Waals surface area contributed by atoms with E-state index in [-0.39, 0.29) is 7.43 Å². The summed E-state index contributed by atoms with van der Waals surface area (Å²) in [6, 6.07) is 31.9. The van der Waals surface area contributed by atoms with E-state index in [4.69, 9.17) is 0 Å². The van der Waals surface area contributed by atoms with E-state index in [1.54, 1.807) is 0 Å². The quantitative estimate of drug-likeness (QED) is 0.298. The van der Waals surface area contributed by atoms with Crippen LogP contribution in [0.2, 0.25) is 0 Å². The fourth-order valence-corrected chi connectivity index (χ4v) is 3.00. The molecule has 0 saturated heterocycles. The number of hydrogen-bond donors (Lipinski definition) is 0. The van der Waals surface area contributed by atoms with Crippen LogP contribution >= 0.6 is 0 Å². The lowest BCUT2D eigenvalue weighted by Gasteiger charge is -2.03. The second kappa shape index (κ2) is 15.0. The van der Waals surface area contributed by atoms with Gasteiger partial charge in [-0.25, -0.2) is 0 Å². The number of hydrogen-bond acceptors (Lipinski definition) is 0. The normalized spacial score (nSPS) is 8.90. The van der Waals surface area contributed by atoms with Crippen LogP contribution in [0.4, 0.5) is 0 Å². The van der Waals surface area contributed by atoms with Gasteiger partial charge < -0.3 is 0 Å². The number of aryl methyl sites for hydroxylation is 3. The molecule has 0 N–H and O–H groups in total. The first-order valence-corrected chi connectivity index (χ1v) is 10.7. The van der Waals surface area contributed by atoms with Crippen LogP contribution in [0.1, 0.15) is 51.8 Å². The van der Waals surface area contributed by atoms with E-state index in [1.807, 2.05) is 33.8 Å². The van der Waals surface area contributed by atoms with Crippen molar-refractivity contribution in [3.63, 3.8) is 0 Å². The molecule has 0 radical (unpaired) electrons. The summed E-state index contributed by atoms with van der Waals surface area (Å²) in [5.74, 6) is 0. The van der Waals surface area contributed by atoms with E-state index in [0.717, 1.165) is 0 Å². The highest BCUT2D eigenvalue weighted by Gasteiger charge is 1.97. The molecule has 0 fully saturated rings. The summed E-state index contributed by atoms with van der Waals surface area (Å²) in [6.45, 7) is 14.4. The smallest absolute Gasteiger partial charge is 0.0152 e. The lowest BCUT2D eigenvalue weighted by molar-refractivity contribution is 1.47. The average Bonchev–Trinajstić information content (AvgIpc) is 2.79. The zero-order chi connectivity index (χ0) is 21.6. The Morgan fingerprint density at radius 1 is 0.400 bits per heavy atom. The molecule has 0 spiro atoms. The molecule has 160 valence electrons. The van der Waals surface area contributed by atoms with Gasteiger partial charge in [0.25, 0.3) is 0 Å². The maximum atomic E-state index is 2.18. The maximum absolute atomic E-state index is 2.18. The Labute approximate surface area is 185 Å². The minimum Gasteiger partial charge on any atom is -0.0776 e. The van der Waals surface area contributed by atoms with Gasteiger partial charge in [-0.1, -0.05) is 132 Å². The van der Waals surface area contributed by atoms with Crippen LogP contribution in [0.3, 0.4) is 0 Å². The molecule has 30 heavy (non-hydrogen) atoms. The lowest BCUT2D eigenvalue weighted by atomic mass is 10.0. The third-order valence-corrected chi connectivity index (χ3v) is 4.52. The summed E-state index contributed by atoms with van der Waals surface area (Å²) in [5.41, 5.74) is 6.58. The molecule has 4 aromatic rings. The van der Waals surface area contributed by atoms with Crippen LogP contribution in [0.25, 0.3) is 21.9 Å². The van der Waals surface area contributed by atoms with E-state index in [0.29, 0.717) is 0 Å². The molecule has 0 bridgehead atoms. The van der Waals surface area contributed by atoms with Crippen molar-refractivity contribution in [2.24, 2.45) is 0 Å². The molecular formula is C30H40. The Morgan fingerprint density at radius 2 is 0.800 bits per heavy atom. The Hall–Kier alpha value is -2.86. The molecule has 0 aromatic heterocycles. The Balaban J connectivity index is 0.000000469. The Kier molecular flexibility index (Phi) is 13.6. The van der Waals surface area contributed by atoms with Crippen molar-refractivity contribution in [3.05, 3.63) is 108 Å². The van der Waals surface area contributed by atoms with Crippen molar-refractivity contribution in [2.45, 2.75) is 55.9 Å². The summed E-state index contributed by atoms with van der Waals surface area (Å²) in [6.07, 6.45) is 0.